The summed E-state index contributed by atoms with van der Waals surface area (Å²) in [6, 6.07) is 4.69. The maximum absolute atomic E-state index is 6.29. The summed E-state index contributed by atoms with van der Waals surface area (Å²) in [7, 11) is 0. The molecule has 1 aromatic carbocycles. The summed E-state index contributed by atoms with van der Waals surface area (Å²) in [5.74, 6) is 0. The van der Waals surface area contributed by atoms with Crippen molar-refractivity contribution >= 4 is 12.4 Å². The van der Waals surface area contributed by atoms with E-state index in [4.69, 9.17) is 5.73 Å². The monoisotopic (exact) mass is 255 g/mol. The third-order valence-corrected chi connectivity index (χ3v) is 3.23. The molecule has 1 nitrogen and oxygen atoms in total. The van der Waals surface area contributed by atoms with E-state index in [1.54, 1.807) is 0 Å². The third-order valence-electron chi connectivity index (χ3n) is 3.23. The van der Waals surface area contributed by atoms with Crippen LogP contribution in [0.3, 0.4) is 0 Å². The van der Waals surface area contributed by atoms with Gasteiger partial charge in [0.2, 0.25) is 0 Å². The lowest BCUT2D eigenvalue weighted by molar-refractivity contribution is 0.577. The van der Waals surface area contributed by atoms with Gasteiger partial charge in [-0.15, -0.1) is 12.4 Å². The normalized spacial score (nSPS) is 12.1. The Balaban J connectivity index is 0.00000256. The lowest BCUT2D eigenvalue weighted by Gasteiger charge is -2.18. The van der Waals surface area contributed by atoms with Crippen molar-refractivity contribution < 1.29 is 0 Å². The van der Waals surface area contributed by atoms with Gasteiger partial charge in [-0.05, 0) is 43.9 Å². The van der Waals surface area contributed by atoms with Gasteiger partial charge in [0.05, 0.1) is 0 Å². The third kappa shape index (κ3) is 4.69. The van der Waals surface area contributed by atoms with Crippen LogP contribution < -0.4 is 5.73 Å². The SMILES string of the molecule is CCCCC[C@@H](N)c1c(C)cc(C)cc1C.Cl. The van der Waals surface area contributed by atoms with Crippen LogP contribution in [0.5, 0.6) is 0 Å². The molecule has 1 aromatic rings. The fourth-order valence-electron chi connectivity index (χ4n) is 2.53. The zero-order chi connectivity index (χ0) is 12.1. The van der Waals surface area contributed by atoms with Gasteiger partial charge < -0.3 is 5.73 Å². The highest BCUT2D eigenvalue weighted by atomic mass is 35.5. The summed E-state index contributed by atoms with van der Waals surface area (Å²) in [4.78, 5) is 0. The van der Waals surface area contributed by atoms with Crippen molar-refractivity contribution in [3.63, 3.8) is 0 Å². The first-order valence-corrected chi connectivity index (χ1v) is 6.39. The van der Waals surface area contributed by atoms with Crippen LogP contribution >= 0.6 is 12.4 Å². The first-order chi connectivity index (χ1) is 7.56. The highest BCUT2D eigenvalue weighted by Gasteiger charge is 2.11. The molecule has 0 radical (unpaired) electrons. The molecule has 0 aliphatic carbocycles. The first-order valence-electron chi connectivity index (χ1n) is 6.39. The lowest BCUT2D eigenvalue weighted by Crippen LogP contribution is -2.13. The number of hydrogen-bond acceptors (Lipinski definition) is 1. The van der Waals surface area contributed by atoms with Gasteiger partial charge in [-0.3, -0.25) is 0 Å². The van der Waals surface area contributed by atoms with E-state index in [1.165, 1.54) is 41.5 Å². The first kappa shape index (κ1) is 16.5. The highest BCUT2D eigenvalue weighted by molar-refractivity contribution is 5.85. The minimum atomic E-state index is 0. The fraction of sp³-hybridized carbons (Fsp3) is 0.600. The maximum atomic E-state index is 6.29. The molecular formula is C15H26ClN. The van der Waals surface area contributed by atoms with Crippen LogP contribution in [0.4, 0.5) is 0 Å². The van der Waals surface area contributed by atoms with Gasteiger partial charge in [-0.25, -0.2) is 0 Å². The minimum absolute atomic E-state index is 0. The summed E-state index contributed by atoms with van der Waals surface area (Å²) >= 11 is 0. The molecule has 0 saturated carbocycles. The molecule has 0 aromatic heterocycles. The predicted octanol–water partition coefficient (Wildman–Crippen LogP) is 4.61. The van der Waals surface area contributed by atoms with Crippen LogP contribution in [-0.4, -0.2) is 0 Å². The zero-order valence-electron chi connectivity index (χ0n) is 11.5. The van der Waals surface area contributed by atoms with E-state index in [9.17, 15) is 0 Å². The smallest absolute Gasteiger partial charge is 0.0300 e. The van der Waals surface area contributed by atoms with Crippen LogP contribution in [0.15, 0.2) is 12.1 Å². The van der Waals surface area contributed by atoms with E-state index in [2.05, 4.69) is 39.8 Å². The van der Waals surface area contributed by atoms with Gasteiger partial charge >= 0.3 is 0 Å². The number of rotatable bonds is 5. The predicted molar refractivity (Wildman–Crippen MR) is 79.0 cm³/mol. The van der Waals surface area contributed by atoms with Crippen LogP contribution in [0, 0.1) is 20.8 Å². The molecule has 1 atom stereocenters. The number of unbranched alkanes of at least 4 members (excludes halogenated alkanes) is 2. The Kier molecular flexibility index (Phi) is 7.49. The van der Waals surface area contributed by atoms with E-state index in [0.29, 0.717) is 0 Å². The van der Waals surface area contributed by atoms with Gasteiger partial charge in [0.25, 0.3) is 0 Å². The Labute approximate surface area is 112 Å². The van der Waals surface area contributed by atoms with Gasteiger partial charge in [-0.2, -0.15) is 0 Å². The van der Waals surface area contributed by atoms with E-state index >= 15 is 0 Å². The number of hydrogen-bond donors (Lipinski definition) is 1. The molecule has 17 heavy (non-hydrogen) atoms. The van der Waals surface area contributed by atoms with E-state index < -0.39 is 0 Å². The summed E-state index contributed by atoms with van der Waals surface area (Å²) in [6.07, 6.45) is 4.90. The molecule has 0 fully saturated rings. The van der Waals surface area contributed by atoms with Crippen LogP contribution in [0.25, 0.3) is 0 Å². The summed E-state index contributed by atoms with van der Waals surface area (Å²) < 4.78 is 0. The van der Waals surface area contributed by atoms with Crippen molar-refractivity contribution in [1.29, 1.82) is 0 Å². The minimum Gasteiger partial charge on any atom is -0.324 e. The van der Waals surface area contributed by atoms with Gasteiger partial charge in [0, 0.05) is 6.04 Å². The fourth-order valence-corrected chi connectivity index (χ4v) is 2.53. The van der Waals surface area contributed by atoms with Crippen molar-refractivity contribution in [1.82, 2.24) is 0 Å². The molecule has 2 N–H and O–H groups in total. The lowest BCUT2D eigenvalue weighted by atomic mass is 9.92. The molecule has 0 saturated heterocycles. The largest absolute Gasteiger partial charge is 0.324 e. The number of halogens is 1. The Morgan fingerprint density at radius 2 is 1.59 bits per heavy atom. The van der Waals surface area contributed by atoms with Crippen LogP contribution in [0.2, 0.25) is 0 Å². The van der Waals surface area contributed by atoms with Gasteiger partial charge in [0.1, 0.15) is 0 Å². The van der Waals surface area contributed by atoms with Gasteiger partial charge in [0.15, 0.2) is 0 Å². The second-order valence-corrected chi connectivity index (χ2v) is 4.91. The average molecular weight is 256 g/mol. The molecule has 0 bridgehead atoms. The molecule has 0 unspecified atom stereocenters. The topological polar surface area (TPSA) is 26.0 Å². The summed E-state index contributed by atoms with van der Waals surface area (Å²) in [5.41, 5.74) is 11.7. The van der Waals surface area contributed by atoms with Gasteiger partial charge in [-0.1, -0.05) is 43.9 Å². The Hall–Kier alpha value is -0.530. The molecule has 1 rings (SSSR count). The van der Waals surface area contributed by atoms with Crippen molar-refractivity contribution in [2.45, 2.75) is 59.4 Å². The van der Waals surface area contributed by atoms with E-state index in [0.717, 1.165) is 6.42 Å². The molecular weight excluding hydrogens is 230 g/mol. The summed E-state index contributed by atoms with van der Waals surface area (Å²) in [6.45, 7) is 8.73. The number of benzene rings is 1. The molecule has 98 valence electrons. The van der Waals surface area contributed by atoms with Crippen LogP contribution in [-0.2, 0) is 0 Å². The van der Waals surface area contributed by atoms with Crippen molar-refractivity contribution in [2.24, 2.45) is 5.73 Å². The second-order valence-electron chi connectivity index (χ2n) is 4.91. The molecule has 0 heterocycles. The van der Waals surface area contributed by atoms with Crippen molar-refractivity contribution in [2.75, 3.05) is 0 Å². The second kappa shape index (κ2) is 7.73. The Morgan fingerprint density at radius 1 is 1.06 bits per heavy atom. The molecule has 0 aliphatic rings. The van der Waals surface area contributed by atoms with Crippen LogP contribution in [0.1, 0.15) is 60.9 Å². The molecule has 0 aliphatic heterocycles. The Morgan fingerprint density at radius 3 is 2.06 bits per heavy atom. The average Bonchev–Trinajstić information content (AvgIpc) is 2.16. The van der Waals surface area contributed by atoms with Crippen molar-refractivity contribution in [3.8, 4) is 0 Å². The van der Waals surface area contributed by atoms with Crippen molar-refractivity contribution in [3.05, 3.63) is 34.4 Å². The molecule has 0 spiro atoms. The van der Waals surface area contributed by atoms with E-state index in [-0.39, 0.29) is 18.4 Å². The molecule has 0 amide bonds. The molecule has 2 heteroatoms. The summed E-state index contributed by atoms with van der Waals surface area (Å²) in [5, 5.41) is 0. The van der Waals surface area contributed by atoms with E-state index in [1.807, 2.05) is 0 Å². The highest BCUT2D eigenvalue weighted by Crippen LogP contribution is 2.25. The maximum Gasteiger partial charge on any atom is 0.0300 e. The number of aryl methyl sites for hydroxylation is 3. The zero-order valence-corrected chi connectivity index (χ0v) is 12.4. The number of nitrogens with two attached hydrogens (primary N) is 1. The quantitative estimate of drug-likeness (QED) is 0.764. The Bertz CT molecular complexity index is 324. The standard InChI is InChI=1S/C15H25N.ClH/c1-5-6-7-8-14(16)15-12(3)9-11(2)10-13(15)4;/h9-10,14H,5-8,16H2,1-4H3;1H/t14-;/m1./s1.